The van der Waals surface area contributed by atoms with Crippen LogP contribution in [0.25, 0.3) is 0 Å². The van der Waals surface area contributed by atoms with E-state index in [0.717, 1.165) is 0 Å². The molecule has 0 aliphatic carbocycles. The van der Waals surface area contributed by atoms with Gasteiger partial charge in [0.1, 0.15) is 0 Å². The van der Waals surface area contributed by atoms with Gasteiger partial charge in [0.2, 0.25) is 0 Å². The number of halogens is 1. The van der Waals surface area contributed by atoms with Gasteiger partial charge < -0.3 is 19.8 Å². The summed E-state index contributed by atoms with van der Waals surface area (Å²) in [5, 5.41) is 9.68. The molecule has 0 aliphatic rings. The molecule has 0 aliphatic heterocycles. The summed E-state index contributed by atoms with van der Waals surface area (Å²) < 4.78 is 29.0. The number of hydrogen-bond acceptors (Lipinski definition) is 5. The topological polar surface area (TPSA) is 134 Å². The fraction of sp³-hybridized carbons (Fsp3) is 1.00. The maximum atomic E-state index is 10.9. The van der Waals surface area contributed by atoms with Crippen molar-refractivity contribution in [2.75, 3.05) is 11.9 Å². The maximum absolute atomic E-state index is 10.9. The van der Waals surface area contributed by atoms with Crippen molar-refractivity contribution in [3.8, 4) is 0 Å². The molecule has 0 spiro atoms. The van der Waals surface area contributed by atoms with Gasteiger partial charge in [0.05, 0.1) is 12.2 Å². The molecule has 0 rings (SSSR count). The monoisotopic (exact) mass is 388 g/mol. The maximum Gasteiger partial charge on any atom is 0.481 e. The summed E-state index contributed by atoms with van der Waals surface area (Å²) in [4.78, 5) is 25.4. The normalized spacial score (nSPS) is 17.9. The fourth-order valence-electron chi connectivity index (χ4n) is 0.606. The Kier molecular flexibility index (Phi) is 14.9. The fourth-order valence-corrected chi connectivity index (χ4v) is 2.47. The van der Waals surface area contributed by atoms with E-state index >= 15 is 0 Å². The van der Waals surface area contributed by atoms with E-state index in [1.54, 1.807) is 0 Å². The van der Waals surface area contributed by atoms with Crippen LogP contribution in [0.5, 0.6) is 0 Å². The number of alkyl halides is 1. The predicted octanol–water partition coefficient (Wildman–Crippen LogP) is -0.0129. The minimum atomic E-state index is -5.08. The van der Waals surface area contributed by atoms with Crippen LogP contribution < -0.4 is 0 Å². The van der Waals surface area contributed by atoms with Gasteiger partial charge in [-0.3, -0.25) is 4.52 Å². The van der Waals surface area contributed by atoms with E-state index in [0.29, 0.717) is 0 Å². The first-order chi connectivity index (χ1) is 6.97. The summed E-state index contributed by atoms with van der Waals surface area (Å²) in [5.74, 6) is 0. The van der Waals surface area contributed by atoms with E-state index in [2.05, 4.69) is 24.8 Å². The Balaban J connectivity index is -0.00000112. The first kappa shape index (κ1) is 25.6. The Hall–Kier alpha value is 2.70. The van der Waals surface area contributed by atoms with Crippen LogP contribution in [0, 0.1) is 0 Å². The largest absolute Gasteiger partial charge is 0.481 e. The molecule has 4 N–H and O–H groups in total. The van der Waals surface area contributed by atoms with Crippen LogP contribution >= 0.6 is 31.6 Å². The van der Waals surface area contributed by atoms with Crippen LogP contribution in [0.2, 0.25) is 0 Å². The Labute approximate surface area is 157 Å². The first-order valence-electron chi connectivity index (χ1n) is 4.00. The molecule has 0 heterocycles. The van der Waals surface area contributed by atoms with Crippen LogP contribution in [-0.2, 0) is 18.0 Å². The summed E-state index contributed by atoms with van der Waals surface area (Å²) >= 11 is 3.01. The van der Waals surface area contributed by atoms with Crippen molar-refractivity contribution in [2.24, 2.45) is 0 Å². The van der Waals surface area contributed by atoms with Crippen molar-refractivity contribution >= 4 is 90.7 Å². The van der Waals surface area contributed by atoms with Crippen molar-refractivity contribution < 1.29 is 37.8 Å². The molecule has 0 bridgehead atoms. The molecule has 8 nitrogen and oxygen atoms in total. The third-order valence-corrected chi connectivity index (χ3v) is 4.79. The standard InChI is InChI=1S/C5H13BrO8P2.2Na/c1-5(7,4-6)2-3-13-16(11,12)14-15(8,9)10;;/h7H,2-4H2,1H3,(H,11,12)(H2,8,9,10);;. The van der Waals surface area contributed by atoms with Crippen molar-refractivity contribution in [3.05, 3.63) is 0 Å². The van der Waals surface area contributed by atoms with E-state index in [9.17, 15) is 14.2 Å². The van der Waals surface area contributed by atoms with Gasteiger partial charge in [-0.2, -0.15) is 4.31 Å². The first-order valence-corrected chi connectivity index (χ1v) is 8.15. The van der Waals surface area contributed by atoms with Crippen LogP contribution in [0.15, 0.2) is 0 Å². The van der Waals surface area contributed by atoms with E-state index < -0.39 is 21.2 Å². The van der Waals surface area contributed by atoms with Gasteiger partial charge >= 0.3 is 15.6 Å². The number of aliphatic hydroxyl groups is 1. The van der Waals surface area contributed by atoms with Gasteiger partial charge in [-0.15, -0.1) is 0 Å². The van der Waals surface area contributed by atoms with Gasteiger partial charge in [0.25, 0.3) is 0 Å². The molecule has 13 heteroatoms. The molecule has 0 saturated heterocycles. The predicted molar refractivity (Wildman–Crippen MR) is 69.4 cm³/mol. The Morgan fingerprint density at radius 3 is 2.00 bits per heavy atom. The minimum absolute atomic E-state index is 0. The zero-order valence-electron chi connectivity index (χ0n) is 10.3. The second kappa shape index (κ2) is 10.4. The molecule has 2 atom stereocenters. The van der Waals surface area contributed by atoms with Gasteiger partial charge in [-0.05, 0) is 6.92 Å². The summed E-state index contributed by atoms with van der Waals surface area (Å²) in [6, 6.07) is 0. The average Bonchev–Trinajstić information content (AvgIpc) is 1.98. The summed E-state index contributed by atoms with van der Waals surface area (Å²) in [6.45, 7) is 1.07. The van der Waals surface area contributed by atoms with Gasteiger partial charge in [0.15, 0.2) is 0 Å². The summed E-state index contributed by atoms with van der Waals surface area (Å²) in [5.41, 5.74) is -1.15. The van der Waals surface area contributed by atoms with E-state index in [1.807, 2.05) is 0 Å². The number of phosphoric ester groups is 1. The van der Waals surface area contributed by atoms with E-state index in [-0.39, 0.29) is 77.5 Å². The number of phosphoric acid groups is 2. The molecule has 0 fully saturated rings. The van der Waals surface area contributed by atoms with E-state index in [4.69, 9.17) is 14.7 Å². The van der Waals surface area contributed by atoms with Gasteiger partial charge in [0, 0.05) is 70.9 Å². The Morgan fingerprint density at radius 2 is 1.67 bits per heavy atom. The molecule has 0 aromatic rings. The van der Waals surface area contributed by atoms with Crippen LogP contribution in [0.1, 0.15) is 13.3 Å². The molecule has 0 saturated carbocycles. The molecule has 2 unspecified atom stereocenters. The summed E-state index contributed by atoms with van der Waals surface area (Å²) in [6.07, 6.45) is -0.00663. The molecule has 2 radical (unpaired) electrons. The molecule has 0 aromatic carbocycles. The van der Waals surface area contributed by atoms with Crippen LogP contribution in [-0.4, -0.2) is 96.4 Å². The molecule has 100 valence electrons. The summed E-state index contributed by atoms with van der Waals surface area (Å²) in [7, 11) is -9.89. The molecule has 0 amide bonds. The van der Waals surface area contributed by atoms with Gasteiger partial charge in [-0.1, -0.05) is 15.9 Å². The van der Waals surface area contributed by atoms with Crippen LogP contribution in [0.3, 0.4) is 0 Å². The van der Waals surface area contributed by atoms with Gasteiger partial charge in [-0.25, -0.2) is 9.13 Å². The van der Waals surface area contributed by atoms with E-state index in [1.165, 1.54) is 6.92 Å². The Morgan fingerprint density at radius 1 is 1.22 bits per heavy atom. The number of rotatable bonds is 7. The molecule has 0 aromatic heterocycles. The average molecular weight is 389 g/mol. The van der Waals surface area contributed by atoms with Crippen molar-refractivity contribution in [1.29, 1.82) is 0 Å². The minimum Gasteiger partial charge on any atom is -0.389 e. The third kappa shape index (κ3) is 15.1. The van der Waals surface area contributed by atoms with Crippen molar-refractivity contribution in [3.63, 3.8) is 0 Å². The number of hydrogen-bond donors (Lipinski definition) is 4. The molecular formula is C5H13BrNa2O8P2. The van der Waals surface area contributed by atoms with Crippen LogP contribution in [0.4, 0.5) is 0 Å². The SMILES string of the molecule is CC(O)(CBr)CCOP(=O)(O)OP(=O)(O)O.[Na].[Na]. The third-order valence-electron chi connectivity index (χ3n) is 1.39. The van der Waals surface area contributed by atoms with Crippen molar-refractivity contribution in [2.45, 2.75) is 18.9 Å². The second-order valence-corrected chi connectivity index (χ2v) is 6.64. The second-order valence-electron chi connectivity index (χ2n) is 3.25. The van der Waals surface area contributed by atoms with Crippen molar-refractivity contribution in [1.82, 2.24) is 0 Å². The smallest absolute Gasteiger partial charge is 0.389 e. The zero-order valence-corrected chi connectivity index (χ0v) is 17.7. The zero-order chi connectivity index (χ0) is 13.0. The molecular weight excluding hydrogens is 376 g/mol. The quantitative estimate of drug-likeness (QED) is 0.272. The molecule has 18 heavy (non-hydrogen) atoms. The Bertz CT molecular complexity index is 321.